The summed E-state index contributed by atoms with van der Waals surface area (Å²) in [5.41, 5.74) is 1.48. The van der Waals surface area contributed by atoms with Crippen molar-refractivity contribution in [2.24, 2.45) is 0 Å². The number of likely N-dealkylation sites (N-methyl/N-ethyl adjacent to an activating group) is 1. The SMILES string of the molecule is Cc1ccncc1C(=O)N1CC(N2CC(F)(F)C[C@H]2CN(C)C)C1. The van der Waals surface area contributed by atoms with E-state index in [2.05, 4.69) is 4.98 Å². The lowest BCUT2D eigenvalue weighted by Crippen LogP contribution is -2.63. The Balaban J connectivity index is 1.63. The molecule has 2 aliphatic heterocycles. The molecular formula is C17H24F2N4O. The minimum absolute atomic E-state index is 0.0178. The second kappa shape index (κ2) is 6.37. The standard InChI is InChI=1S/C17H24F2N4O/c1-12-4-5-20-7-15(12)16(24)22-9-14(10-22)23-11-17(18,19)6-13(23)8-21(2)3/h4-5,7,13-14H,6,8-11H2,1-3H3/t13-/m0/s1. The molecule has 7 heteroatoms. The van der Waals surface area contributed by atoms with Crippen LogP contribution in [-0.4, -0.2) is 83.9 Å². The van der Waals surface area contributed by atoms with Gasteiger partial charge in [-0.25, -0.2) is 8.78 Å². The van der Waals surface area contributed by atoms with Crippen LogP contribution >= 0.6 is 0 Å². The summed E-state index contributed by atoms with van der Waals surface area (Å²) in [4.78, 5) is 22.1. The molecule has 0 unspecified atom stereocenters. The van der Waals surface area contributed by atoms with Crippen molar-refractivity contribution in [2.75, 3.05) is 40.3 Å². The van der Waals surface area contributed by atoms with Gasteiger partial charge in [0.2, 0.25) is 0 Å². The fourth-order valence-electron chi connectivity index (χ4n) is 3.63. The molecule has 132 valence electrons. The molecule has 2 fully saturated rings. The molecule has 1 aromatic rings. The number of rotatable bonds is 4. The third-order valence-electron chi connectivity index (χ3n) is 4.88. The second-order valence-corrected chi connectivity index (χ2v) is 7.20. The lowest BCUT2D eigenvalue weighted by Gasteiger charge is -2.46. The summed E-state index contributed by atoms with van der Waals surface area (Å²) in [6.45, 7) is 3.30. The number of aromatic nitrogens is 1. The fourth-order valence-corrected chi connectivity index (χ4v) is 3.63. The van der Waals surface area contributed by atoms with E-state index < -0.39 is 5.92 Å². The van der Waals surface area contributed by atoms with Gasteiger partial charge in [0.1, 0.15) is 0 Å². The van der Waals surface area contributed by atoms with E-state index in [9.17, 15) is 13.6 Å². The third-order valence-corrected chi connectivity index (χ3v) is 4.88. The van der Waals surface area contributed by atoms with E-state index in [-0.39, 0.29) is 31.0 Å². The van der Waals surface area contributed by atoms with Crippen LogP contribution in [0.4, 0.5) is 8.78 Å². The fraction of sp³-hybridized carbons (Fsp3) is 0.647. The van der Waals surface area contributed by atoms with E-state index in [0.29, 0.717) is 25.2 Å². The molecule has 0 spiro atoms. The summed E-state index contributed by atoms with van der Waals surface area (Å²) in [7, 11) is 3.80. The summed E-state index contributed by atoms with van der Waals surface area (Å²) in [6, 6.07) is 1.67. The Bertz CT molecular complexity index is 616. The smallest absolute Gasteiger partial charge is 0.262 e. The lowest BCUT2D eigenvalue weighted by molar-refractivity contribution is -0.0115. The third kappa shape index (κ3) is 3.42. The Labute approximate surface area is 141 Å². The van der Waals surface area contributed by atoms with Gasteiger partial charge < -0.3 is 9.80 Å². The topological polar surface area (TPSA) is 39.7 Å². The maximum atomic E-state index is 13.8. The molecule has 1 atom stereocenters. The first kappa shape index (κ1) is 17.2. The van der Waals surface area contributed by atoms with Crippen LogP contribution in [0.3, 0.4) is 0 Å². The molecule has 2 aliphatic rings. The van der Waals surface area contributed by atoms with E-state index >= 15 is 0 Å². The molecule has 0 radical (unpaired) electrons. The first-order chi connectivity index (χ1) is 11.3. The van der Waals surface area contributed by atoms with E-state index in [1.165, 1.54) is 0 Å². The molecular weight excluding hydrogens is 314 g/mol. The van der Waals surface area contributed by atoms with Crippen molar-refractivity contribution in [3.63, 3.8) is 0 Å². The van der Waals surface area contributed by atoms with E-state index in [0.717, 1.165) is 5.56 Å². The highest BCUT2D eigenvalue weighted by Gasteiger charge is 2.50. The van der Waals surface area contributed by atoms with Crippen LogP contribution < -0.4 is 0 Å². The van der Waals surface area contributed by atoms with Gasteiger partial charge in [-0.1, -0.05) is 0 Å². The summed E-state index contributed by atoms with van der Waals surface area (Å²) in [5, 5.41) is 0. The van der Waals surface area contributed by atoms with Gasteiger partial charge in [0.05, 0.1) is 12.1 Å². The van der Waals surface area contributed by atoms with Gasteiger partial charge >= 0.3 is 0 Å². The van der Waals surface area contributed by atoms with Gasteiger partial charge in [0.25, 0.3) is 11.8 Å². The molecule has 24 heavy (non-hydrogen) atoms. The normalized spacial score (nSPS) is 24.4. The van der Waals surface area contributed by atoms with Crippen LogP contribution in [0.15, 0.2) is 18.5 Å². The van der Waals surface area contributed by atoms with Crippen molar-refractivity contribution < 1.29 is 13.6 Å². The van der Waals surface area contributed by atoms with E-state index in [1.807, 2.05) is 30.8 Å². The number of amides is 1. The van der Waals surface area contributed by atoms with Gasteiger partial charge in [-0.05, 0) is 32.6 Å². The van der Waals surface area contributed by atoms with Gasteiger partial charge in [-0.15, -0.1) is 0 Å². The number of aryl methyl sites for hydroxylation is 1. The maximum Gasteiger partial charge on any atom is 0.262 e. The minimum Gasteiger partial charge on any atom is -0.335 e. The van der Waals surface area contributed by atoms with Crippen molar-refractivity contribution in [3.8, 4) is 0 Å². The van der Waals surface area contributed by atoms with Crippen molar-refractivity contribution in [1.29, 1.82) is 0 Å². The monoisotopic (exact) mass is 338 g/mol. The number of pyridine rings is 1. The average Bonchev–Trinajstić information content (AvgIpc) is 2.71. The average molecular weight is 338 g/mol. The number of nitrogens with zero attached hydrogens (tertiary/aromatic N) is 4. The molecule has 0 aliphatic carbocycles. The first-order valence-corrected chi connectivity index (χ1v) is 8.25. The number of hydrogen-bond donors (Lipinski definition) is 0. The van der Waals surface area contributed by atoms with Crippen molar-refractivity contribution in [1.82, 2.24) is 19.7 Å². The Kier molecular flexibility index (Phi) is 4.57. The number of carbonyl (C=O) groups is 1. The molecule has 0 aromatic carbocycles. The predicted molar refractivity (Wildman–Crippen MR) is 87.3 cm³/mol. The zero-order valence-electron chi connectivity index (χ0n) is 14.4. The van der Waals surface area contributed by atoms with Crippen molar-refractivity contribution in [3.05, 3.63) is 29.6 Å². The van der Waals surface area contributed by atoms with Crippen LogP contribution in [0.25, 0.3) is 0 Å². The Morgan fingerprint density at radius 3 is 2.75 bits per heavy atom. The van der Waals surface area contributed by atoms with Gasteiger partial charge in [0.15, 0.2) is 0 Å². The minimum atomic E-state index is -2.63. The van der Waals surface area contributed by atoms with Gasteiger partial charge in [-0.3, -0.25) is 14.7 Å². The maximum absolute atomic E-state index is 13.8. The number of halogens is 2. The molecule has 5 nitrogen and oxygen atoms in total. The van der Waals surface area contributed by atoms with Crippen LogP contribution in [0.2, 0.25) is 0 Å². The van der Waals surface area contributed by atoms with E-state index in [4.69, 9.17) is 0 Å². The molecule has 1 amide bonds. The zero-order valence-corrected chi connectivity index (χ0v) is 14.4. The molecule has 2 saturated heterocycles. The van der Waals surface area contributed by atoms with Gasteiger partial charge in [0, 0.05) is 50.5 Å². The highest BCUT2D eigenvalue weighted by Crippen LogP contribution is 2.35. The second-order valence-electron chi connectivity index (χ2n) is 7.20. The molecule has 0 N–H and O–H groups in total. The quantitative estimate of drug-likeness (QED) is 0.834. The first-order valence-electron chi connectivity index (χ1n) is 8.25. The summed E-state index contributed by atoms with van der Waals surface area (Å²) in [6.07, 6.45) is 3.13. The zero-order chi connectivity index (χ0) is 17.5. The summed E-state index contributed by atoms with van der Waals surface area (Å²) in [5.74, 6) is -2.70. The molecule has 3 heterocycles. The van der Waals surface area contributed by atoms with E-state index in [1.54, 1.807) is 23.4 Å². The predicted octanol–water partition coefficient (Wildman–Crippen LogP) is 1.49. The highest BCUT2D eigenvalue weighted by atomic mass is 19.3. The van der Waals surface area contributed by atoms with Crippen LogP contribution in [-0.2, 0) is 0 Å². The van der Waals surface area contributed by atoms with Gasteiger partial charge in [-0.2, -0.15) is 0 Å². The number of alkyl halides is 2. The Morgan fingerprint density at radius 2 is 2.12 bits per heavy atom. The Morgan fingerprint density at radius 1 is 1.42 bits per heavy atom. The molecule has 3 rings (SSSR count). The Hall–Kier alpha value is -1.60. The largest absolute Gasteiger partial charge is 0.335 e. The van der Waals surface area contributed by atoms with Crippen LogP contribution in [0.5, 0.6) is 0 Å². The molecule has 0 bridgehead atoms. The summed E-state index contributed by atoms with van der Waals surface area (Å²) < 4.78 is 27.7. The number of likely N-dealkylation sites (tertiary alicyclic amines) is 2. The number of hydrogen-bond acceptors (Lipinski definition) is 4. The van der Waals surface area contributed by atoms with Crippen molar-refractivity contribution >= 4 is 5.91 Å². The molecule has 0 saturated carbocycles. The molecule has 1 aromatic heterocycles. The lowest BCUT2D eigenvalue weighted by atomic mass is 10.0. The van der Waals surface area contributed by atoms with Crippen LogP contribution in [0, 0.1) is 6.92 Å². The van der Waals surface area contributed by atoms with Crippen LogP contribution in [0.1, 0.15) is 22.3 Å². The van der Waals surface area contributed by atoms with Crippen molar-refractivity contribution in [2.45, 2.75) is 31.4 Å². The number of carbonyl (C=O) groups excluding carboxylic acids is 1. The highest BCUT2D eigenvalue weighted by molar-refractivity contribution is 5.95. The summed E-state index contributed by atoms with van der Waals surface area (Å²) >= 11 is 0.